The molecule has 0 N–H and O–H groups in total. The van der Waals surface area contributed by atoms with E-state index < -0.39 is 11.9 Å². The van der Waals surface area contributed by atoms with Crippen LogP contribution in [0.3, 0.4) is 0 Å². The van der Waals surface area contributed by atoms with E-state index in [1.165, 1.54) is 12.1 Å². The molecule has 1 fully saturated rings. The van der Waals surface area contributed by atoms with Gasteiger partial charge in [0.05, 0.1) is 5.92 Å². The molecule has 1 aliphatic rings. The maximum Gasteiger partial charge on any atom is 0.311 e. The Bertz CT molecular complexity index is 1040. The molecule has 29 heavy (non-hydrogen) atoms. The highest BCUT2D eigenvalue weighted by molar-refractivity contribution is 6.00. The predicted molar refractivity (Wildman–Crippen MR) is 103 cm³/mol. The van der Waals surface area contributed by atoms with Crippen LogP contribution in [0.4, 0.5) is 10.1 Å². The summed E-state index contributed by atoms with van der Waals surface area (Å²) in [5.41, 5.74) is 2.91. The van der Waals surface area contributed by atoms with Crippen LogP contribution >= 0.6 is 0 Å². The summed E-state index contributed by atoms with van der Waals surface area (Å²) in [4.78, 5) is 26.4. The van der Waals surface area contributed by atoms with Gasteiger partial charge in [-0.05, 0) is 42.8 Å². The first-order valence-corrected chi connectivity index (χ1v) is 9.25. The summed E-state index contributed by atoms with van der Waals surface area (Å²) in [5, 5.41) is 3.88. The second kappa shape index (κ2) is 7.87. The third kappa shape index (κ3) is 4.03. The number of carbonyl (C=O) groups is 2. The van der Waals surface area contributed by atoms with E-state index in [4.69, 9.17) is 9.26 Å². The Hall–Kier alpha value is -3.48. The Morgan fingerprint density at radius 3 is 2.76 bits per heavy atom. The van der Waals surface area contributed by atoms with Gasteiger partial charge >= 0.3 is 5.97 Å². The third-order valence-corrected chi connectivity index (χ3v) is 4.91. The van der Waals surface area contributed by atoms with Crippen molar-refractivity contribution in [1.29, 1.82) is 0 Å². The van der Waals surface area contributed by atoms with Crippen molar-refractivity contribution in [3.05, 3.63) is 71.7 Å². The number of aryl methyl sites for hydroxylation is 1. The van der Waals surface area contributed by atoms with Gasteiger partial charge in [-0.3, -0.25) is 9.59 Å². The third-order valence-electron chi connectivity index (χ3n) is 4.91. The fourth-order valence-corrected chi connectivity index (χ4v) is 3.36. The average molecular weight is 394 g/mol. The minimum absolute atomic E-state index is 0.0570. The number of hydrogen-bond donors (Lipinski definition) is 0. The van der Waals surface area contributed by atoms with E-state index in [9.17, 15) is 14.0 Å². The lowest BCUT2D eigenvalue weighted by atomic mass is 10.1. The number of anilines is 1. The number of aromatic nitrogens is 1. The Kier molecular flexibility index (Phi) is 5.12. The lowest BCUT2D eigenvalue weighted by molar-refractivity contribution is -0.149. The van der Waals surface area contributed by atoms with Crippen LogP contribution in [0.1, 0.15) is 17.7 Å². The van der Waals surface area contributed by atoms with Crippen molar-refractivity contribution < 1.29 is 23.2 Å². The van der Waals surface area contributed by atoms with E-state index in [0.717, 1.165) is 11.3 Å². The van der Waals surface area contributed by atoms with Crippen LogP contribution in [0.25, 0.3) is 11.3 Å². The molecule has 1 amide bonds. The summed E-state index contributed by atoms with van der Waals surface area (Å²) in [6, 6.07) is 15.0. The standard InChI is InChI=1S/C22H19FN2O4/c1-14-4-2-3-5-19(14)25-12-16(10-21(25)26)22(27)28-13-18-11-20(29-24-18)15-6-8-17(23)9-7-15/h2-9,11,16H,10,12-13H2,1H3. The Labute approximate surface area is 166 Å². The summed E-state index contributed by atoms with van der Waals surface area (Å²) in [6.45, 7) is 2.16. The molecular weight excluding hydrogens is 375 g/mol. The van der Waals surface area contributed by atoms with Gasteiger partial charge < -0.3 is 14.2 Å². The van der Waals surface area contributed by atoms with E-state index in [1.54, 1.807) is 23.1 Å². The zero-order valence-electron chi connectivity index (χ0n) is 15.8. The highest BCUT2D eigenvalue weighted by Crippen LogP contribution is 2.28. The van der Waals surface area contributed by atoms with Crippen molar-refractivity contribution in [1.82, 2.24) is 5.16 Å². The van der Waals surface area contributed by atoms with Gasteiger partial charge in [0.1, 0.15) is 18.1 Å². The summed E-state index contributed by atoms with van der Waals surface area (Å²) in [5.74, 6) is -0.946. The molecule has 0 spiro atoms. The first-order valence-electron chi connectivity index (χ1n) is 9.25. The van der Waals surface area contributed by atoms with Crippen LogP contribution in [0.2, 0.25) is 0 Å². The monoisotopic (exact) mass is 394 g/mol. The number of halogens is 1. The summed E-state index contributed by atoms with van der Waals surface area (Å²) >= 11 is 0. The van der Waals surface area contributed by atoms with Gasteiger partial charge in [-0.2, -0.15) is 0 Å². The van der Waals surface area contributed by atoms with Crippen molar-refractivity contribution in [2.75, 3.05) is 11.4 Å². The first-order chi connectivity index (χ1) is 14.0. The zero-order valence-corrected chi connectivity index (χ0v) is 15.8. The molecule has 1 unspecified atom stereocenters. The van der Waals surface area contributed by atoms with Crippen molar-refractivity contribution in [3.63, 3.8) is 0 Å². The average Bonchev–Trinajstić information content (AvgIpc) is 3.34. The smallest absolute Gasteiger partial charge is 0.311 e. The Morgan fingerprint density at radius 2 is 2.00 bits per heavy atom. The number of para-hydroxylation sites is 1. The van der Waals surface area contributed by atoms with E-state index >= 15 is 0 Å². The number of esters is 1. The van der Waals surface area contributed by atoms with E-state index in [2.05, 4.69) is 5.16 Å². The van der Waals surface area contributed by atoms with Gasteiger partial charge in [-0.1, -0.05) is 23.4 Å². The first kappa shape index (κ1) is 18.9. The summed E-state index contributed by atoms with van der Waals surface area (Å²) in [6.07, 6.45) is 0.118. The Morgan fingerprint density at radius 1 is 1.24 bits per heavy atom. The topological polar surface area (TPSA) is 72.6 Å². The number of hydrogen-bond acceptors (Lipinski definition) is 5. The number of benzene rings is 2. The molecule has 4 rings (SSSR count). The molecule has 2 aromatic carbocycles. The summed E-state index contributed by atoms with van der Waals surface area (Å²) < 4.78 is 23.6. The fourth-order valence-electron chi connectivity index (χ4n) is 3.36. The lowest BCUT2D eigenvalue weighted by Crippen LogP contribution is -2.27. The van der Waals surface area contributed by atoms with Crippen molar-refractivity contribution in [2.24, 2.45) is 5.92 Å². The molecule has 0 bridgehead atoms. The number of rotatable bonds is 5. The van der Waals surface area contributed by atoms with Gasteiger partial charge in [-0.15, -0.1) is 0 Å². The zero-order chi connectivity index (χ0) is 20.4. The molecule has 1 saturated heterocycles. The normalized spacial score (nSPS) is 16.3. The molecule has 2 heterocycles. The second-order valence-corrected chi connectivity index (χ2v) is 6.99. The van der Waals surface area contributed by atoms with Crippen LogP contribution in [0.5, 0.6) is 0 Å². The van der Waals surface area contributed by atoms with Crippen molar-refractivity contribution >= 4 is 17.6 Å². The van der Waals surface area contributed by atoms with Crippen LogP contribution < -0.4 is 4.90 Å². The van der Waals surface area contributed by atoms with Crippen LogP contribution in [-0.2, 0) is 20.9 Å². The van der Waals surface area contributed by atoms with Gasteiger partial charge in [0.25, 0.3) is 0 Å². The molecule has 1 atom stereocenters. The molecule has 1 aromatic heterocycles. The van der Waals surface area contributed by atoms with Crippen LogP contribution in [0.15, 0.2) is 59.1 Å². The highest BCUT2D eigenvalue weighted by atomic mass is 19.1. The SMILES string of the molecule is Cc1ccccc1N1CC(C(=O)OCc2cc(-c3ccc(F)cc3)on2)CC1=O. The molecule has 0 radical (unpaired) electrons. The van der Waals surface area contributed by atoms with Crippen LogP contribution in [-0.4, -0.2) is 23.6 Å². The van der Waals surface area contributed by atoms with Gasteiger partial charge in [0, 0.05) is 30.3 Å². The van der Waals surface area contributed by atoms with E-state index in [1.807, 2.05) is 31.2 Å². The molecule has 7 heteroatoms. The number of carbonyl (C=O) groups excluding carboxylic acids is 2. The minimum Gasteiger partial charge on any atom is -0.459 e. The molecule has 0 saturated carbocycles. The Balaban J connectivity index is 1.36. The van der Waals surface area contributed by atoms with Gasteiger partial charge in [-0.25, -0.2) is 4.39 Å². The molecule has 3 aromatic rings. The van der Waals surface area contributed by atoms with E-state index in [0.29, 0.717) is 23.6 Å². The second-order valence-electron chi connectivity index (χ2n) is 6.99. The number of amides is 1. The largest absolute Gasteiger partial charge is 0.459 e. The molecular formula is C22H19FN2O4. The molecule has 0 aliphatic carbocycles. The molecule has 1 aliphatic heterocycles. The van der Waals surface area contributed by atoms with Gasteiger partial charge in [0.2, 0.25) is 5.91 Å². The molecule has 148 valence electrons. The van der Waals surface area contributed by atoms with Crippen molar-refractivity contribution in [2.45, 2.75) is 20.0 Å². The van der Waals surface area contributed by atoms with Crippen LogP contribution in [0, 0.1) is 18.7 Å². The fraction of sp³-hybridized carbons (Fsp3) is 0.227. The summed E-state index contributed by atoms with van der Waals surface area (Å²) in [7, 11) is 0. The number of ether oxygens (including phenoxy) is 1. The number of nitrogens with zero attached hydrogens (tertiary/aromatic N) is 2. The van der Waals surface area contributed by atoms with Crippen molar-refractivity contribution in [3.8, 4) is 11.3 Å². The van der Waals surface area contributed by atoms with E-state index in [-0.39, 0.29) is 24.8 Å². The maximum atomic E-state index is 13.0. The minimum atomic E-state index is -0.523. The highest BCUT2D eigenvalue weighted by Gasteiger charge is 2.36. The maximum absolute atomic E-state index is 13.0. The lowest BCUT2D eigenvalue weighted by Gasteiger charge is -2.18. The quantitative estimate of drug-likeness (QED) is 0.614. The van der Waals surface area contributed by atoms with Gasteiger partial charge in [0.15, 0.2) is 5.76 Å². The molecule has 6 nitrogen and oxygen atoms in total. The predicted octanol–water partition coefficient (Wildman–Crippen LogP) is 3.89.